The molecule has 0 unspecified atom stereocenters. The van der Waals surface area contributed by atoms with Gasteiger partial charge in [-0.2, -0.15) is 0 Å². The van der Waals surface area contributed by atoms with E-state index in [4.69, 9.17) is 0 Å². The van der Waals surface area contributed by atoms with Crippen molar-refractivity contribution >= 4 is 34.6 Å². The molecule has 2 heterocycles. The summed E-state index contributed by atoms with van der Waals surface area (Å²) in [4.78, 5) is 19.4. The molecule has 33 heavy (non-hydrogen) atoms. The molecule has 0 bridgehead atoms. The van der Waals surface area contributed by atoms with E-state index < -0.39 is 0 Å². The fourth-order valence-corrected chi connectivity index (χ4v) is 4.87. The molecular formula is C27H28FN3OS. The highest BCUT2D eigenvalue weighted by Gasteiger charge is 2.30. The number of likely N-dealkylation sites (N-methyl/N-ethyl adjacent to an activating group) is 1. The zero-order valence-electron chi connectivity index (χ0n) is 19.8. The Morgan fingerprint density at radius 2 is 1.73 bits per heavy atom. The van der Waals surface area contributed by atoms with E-state index in [-0.39, 0.29) is 17.1 Å². The molecule has 0 radical (unpaired) electrons. The third-order valence-corrected chi connectivity index (χ3v) is 6.85. The van der Waals surface area contributed by atoms with Gasteiger partial charge in [0.1, 0.15) is 5.82 Å². The van der Waals surface area contributed by atoms with Crippen molar-refractivity contribution in [2.24, 2.45) is 4.99 Å². The molecular weight excluding hydrogens is 433 g/mol. The highest BCUT2D eigenvalue weighted by atomic mass is 32.2. The van der Waals surface area contributed by atoms with Gasteiger partial charge < -0.3 is 4.57 Å². The first-order valence-corrected chi connectivity index (χ1v) is 11.7. The Balaban J connectivity index is 1.65. The quantitative estimate of drug-likeness (QED) is 0.404. The number of hydrogen-bond acceptors (Lipinski definition) is 3. The van der Waals surface area contributed by atoms with E-state index in [2.05, 4.69) is 74.5 Å². The number of carbonyl (C=O) groups excluding carboxylic acids is 1. The van der Waals surface area contributed by atoms with Gasteiger partial charge in [0.2, 0.25) is 0 Å². The largest absolute Gasteiger partial charge is 0.318 e. The third kappa shape index (κ3) is 4.67. The third-order valence-electron chi connectivity index (χ3n) is 5.78. The zero-order valence-corrected chi connectivity index (χ0v) is 20.6. The van der Waals surface area contributed by atoms with E-state index in [1.807, 2.05) is 6.08 Å². The fraction of sp³-hybridized carbons (Fsp3) is 0.259. The Hall–Kier alpha value is -3.12. The van der Waals surface area contributed by atoms with Crippen molar-refractivity contribution in [3.63, 3.8) is 0 Å². The normalized spacial score (nSPS) is 16.9. The van der Waals surface area contributed by atoms with Gasteiger partial charge in [-0.15, -0.1) is 0 Å². The van der Waals surface area contributed by atoms with Crippen LogP contribution >= 0.6 is 11.8 Å². The SMILES string of the molecule is Cc1cc(/C=C2\SC(=Nc3cccc(F)c3)N(C)C2=O)c(C)n1-c1ccc(C(C)(C)C)cc1. The number of carbonyl (C=O) groups is 1. The van der Waals surface area contributed by atoms with Crippen molar-refractivity contribution in [3.05, 3.63) is 87.8 Å². The van der Waals surface area contributed by atoms with Gasteiger partial charge in [-0.25, -0.2) is 9.38 Å². The number of aromatic nitrogens is 1. The first kappa shape index (κ1) is 23.1. The average molecular weight is 462 g/mol. The maximum absolute atomic E-state index is 13.5. The van der Waals surface area contributed by atoms with Crippen LogP contribution in [-0.2, 0) is 10.2 Å². The van der Waals surface area contributed by atoms with Crippen LogP contribution in [0.15, 0.2) is 64.5 Å². The number of amides is 1. The molecule has 0 saturated carbocycles. The fourth-order valence-electron chi connectivity index (χ4n) is 3.89. The predicted octanol–water partition coefficient (Wildman–Crippen LogP) is 6.76. The van der Waals surface area contributed by atoms with Gasteiger partial charge in [0.05, 0.1) is 10.6 Å². The van der Waals surface area contributed by atoms with Crippen LogP contribution in [0.25, 0.3) is 11.8 Å². The van der Waals surface area contributed by atoms with Crippen molar-refractivity contribution in [2.45, 2.75) is 40.0 Å². The second-order valence-electron chi connectivity index (χ2n) is 9.31. The molecule has 1 amide bonds. The molecule has 0 atom stereocenters. The number of aryl methyl sites for hydroxylation is 1. The lowest BCUT2D eigenvalue weighted by molar-refractivity contribution is -0.121. The average Bonchev–Trinajstić information content (AvgIpc) is 3.17. The Kier molecular flexibility index (Phi) is 6.06. The molecule has 1 aliphatic rings. The van der Waals surface area contributed by atoms with Crippen LogP contribution in [0.1, 0.15) is 43.3 Å². The summed E-state index contributed by atoms with van der Waals surface area (Å²) >= 11 is 1.30. The Morgan fingerprint density at radius 1 is 1.03 bits per heavy atom. The molecule has 1 aliphatic heterocycles. The number of aliphatic imine (C=N–C) groups is 1. The summed E-state index contributed by atoms with van der Waals surface area (Å²) in [6.45, 7) is 10.7. The highest BCUT2D eigenvalue weighted by molar-refractivity contribution is 8.18. The van der Waals surface area contributed by atoms with Gasteiger partial charge >= 0.3 is 0 Å². The van der Waals surface area contributed by atoms with Crippen molar-refractivity contribution < 1.29 is 9.18 Å². The van der Waals surface area contributed by atoms with E-state index in [0.717, 1.165) is 22.6 Å². The minimum Gasteiger partial charge on any atom is -0.318 e. The zero-order chi connectivity index (χ0) is 23.9. The lowest BCUT2D eigenvalue weighted by atomic mass is 9.87. The van der Waals surface area contributed by atoms with Gasteiger partial charge in [-0.1, -0.05) is 39.0 Å². The second-order valence-corrected chi connectivity index (χ2v) is 10.3. The second kappa shape index (κ2) is 8.67. The molecule has 0 aliphatic carbocycles. The number of amidine groups is 1. The van der Waals surface area contributed by atoms with Gasteiger partial charge in [-0.3, -0.25) is 9.69 Å². The predicted molar refractivity (Wildman–Crippen MR) is 136 cm³/mol. The number of benzene rings is 2. The van der Waals surface area contributed by atoms with Gasteiger partial charge in [0.25, 0.3) is 5.91 Å². The number of hydrogen-bond donors (Lipinski definition) is 0. The molecule has 2 aromatic carbocycles. The van der Waals surface area contributed by atoms with Crippen molar-refractivity contribution in [2.75, 3.05) is 7.05 Å². The van der Waals surface area contributed by atoms with Gasteiger partial charge in [0.15, 0.2) is 5.17 Å². The maximum atomic E-state index is 13.5. The summed E-state index contributed by atoms with van der Waals surface area (Å²) in [5.41, 5.74) is 6.12. The Morgan fingerprint density at radius 3 is 2.36 bits per heavy atom. The number of nitrogens with zero attached hydrogens (tertiary/aromatic N) is 3. The molecule has 3 aromatic rings. The van der Waals surface area contributed by atoms with Crippen molar-refractivity contribution in [1.82, 2.24) is 9.47 Å². The van der Waals surface area contributed by atoms with Crippen LogP contribution < -0.4 is 0 Å². The lowest BCUT2D eigenvalue weighted by Gasteiger charge is -2.20. The molecule has 1 aromatic heterocycles. The molecule has 6 heteroatoms. The van der Waals surface area contributed by atoms with E-state index in [1.165, 1.54) is 34.4 Å². The Bertz CT molecular complexity index is 1280. The van der Waals surface area contributed by atoms with Crippen molar-refractivity contribution in [1.29, 1.82) is 0 Å². The number of thioether (sulfide) groups is 1. The molecule has 1 fully saturated rings. The van der Waals surface area contributed by atoms with Crippen LogP contribution in [-0.4, -0.2) is 27.6 Å². The molecule has 4 nitrogen and oxygen atoms in total. The summed E-state index contributed by atoms with van der Waals surface area (Å²) < 4.78 is 15.7. The van der Waals surface area contributed by atoms with E-state index in [1.54, 1.807) is 19.2 Å². The van der Waals surface area contributed by atoms with Crippen LogP contribution in [0.2, 0.25) is 0 Å². The lowest BCUT2D eigenvalue weighted by Crippen LogP contribution is -2.23. The van der Waals surface area contributed by atoms with Gasteiger partial charge in [-0.05, 0) is 84.6 Å². The van der Waals surface area contributed by atoms with Crippen LogP contribution in [0.3, 0.4) is 0 Å². The molecule has 0 spiro atoms. The molecule has 1 saturated heterocycles. The molecule has 0 N–H and O–H groups in total. The smallest absolute Gasteiger partial charge is 0.266 e. The summed E-state index contributed by atoms with van der Waals surface area (Å²) in [5.74, 6) is -0.470. The number of halogens is 1. The highest BCUT2D eigenvalue weighted by Crippen LogP contribution is 2.35. The molecule has 170 valence electrons. The van der Waals surface area contributed by atoms with Crippen molar-refractivity contribution in [3.8, 4) is 5.69 Å². The van der Waals surface area contributed by atoms with Crippen LogP contribution in [0, 0.1) is 19.7 Å². The van der Waals surface area contributed by atoms with Crippen LogP contribution in [0.5, 0.6) is 0 Å². The number of rotatable bonds is 3. The maximum Gasteiger partial charge on any atom is 0.266 e. The van der Waals surface area contributed by atoms with E-state index >= 15 is 0 Å². The van der Waals surface area contributed by atoms with Gasteiger partial charge in [0, 0.05) is 24.1 Å². The summed E-state index contributed by atoms with van der Waals surface area (Å²) in [6, 6.07) is 16.8. The van der Waals surface area contributed by atoms with Crippen LogP contribution in [0.4, 0.5) is 10.1 Å². The minimum absolute atomic E-state index is 0.103. The summed E-state index contributed by atoms with van der Waals surface area (Å²) in [7, 11) is 1.69. The summed E-state index contributed by atoms with van der Waals surface area (Å²) in [5, 5.41) is 0.531. The minimum atomic E-state index is -0.354. The van der Waals surface area contributed by atoms with E-state index in [0.29, 0.717) is 15.8 Å². The molecule has 4 rings (SSSR count). The topological polar surface area (TPSA) is 37.6 Å². The first-order chi connectivity index (χ1) is 15.5. The first-order valence-electron chi connectivity index (χ1n) is 10.9. The standard InChI is InChI=1S/C27H28FN3OS/c1-17-14-19(18(2)31(17)23-12-10-20(11-13-23)27(3,4)5)15-24-25(32)30(6)26(33-24)29-22-9-7-8-21(28)16-22/h7-16H,1-6H3/b24-15-,29-26?. The monoisotopic (exact) mass is 461 g/mol. The van der Waals surface area contributed by atoms with E-state index in [9.17, 15) is 9.18 Å². The Labute approximate surface area is 198 Å². The summed E-state index contributed by atoms with van der Waals surface area (Å²) in [6.07, 6.45) is 1.92.